The number of nitrogens with zero attached hydrogens (tertiary/aromatic N) is 4. The van der Waals surface area contributed by atoms with Crippen molar-refractivity contribution >= 4 is 88.4 Å². The van der Waals surface area contributed by atoms with E-state index in [0.29, 0.717) is 0 Å². The molecule has 7 heterocycles. The van der Waals surface area contributed by atoms with E-state index < -0.39 is 81.4 Å². The number of imide groups is 5. The minimum atomic E-state index is -0.801. The Bertz CT molecular complexity index is 2480. The molecule has 6 aliphatic heterocycles. The van der Waals surface area contributed by atoms with Gasteiger partial charge in [0.05, 0.1) is 16.3 Å². The first-order chi connectivity index (χ1) is 35.8. The van der Waals surface area contributed by atoms with Crippen molar-refractivity contribution in [3.8, 4) is 0 Å². The largest absolute Gasteiger partial charge is 0.345 e. The third kappa shape index (κ3) is 22.0. The topological polar surface area (TPSA) is 399 Å². The van der Waals surface area contributed by atoms with Crippen molar-refractivity contribution in [1.29, 1.82) is 0 Å². The van der Waals surface area contributed by atoms with Crippen molar-refractivity contribution < 1.29 is 72.0 Å². The van der Waals surface area contributed by atoms with Crippen LogP contribution in [0.25, 0.3) is 0 Å². The number of carbonyl (C=O) groups is 13. The van der Waals surface area contributed by atoms with Gasteiger partial charge in [-0.25, -0.2) is 33.4 Å². The molecule has 0 bridgehead atoms. The highest BCUT2D eigenvalue weighted by Gasteiger charge is 2.45. The van der Waals surface area contributed by atoms with E-state index in [-0.39, 0.29) is 80.8 Å². The molecule has 0 saturated carbocycles. The highest BCUT2D eigenvalue weighted by Crippen LogP contribution is 2.34. The smallest absolute Gasteiger partial charge is 0.340 e. The van der Waals surface area contributed by atoms with Gasteiger partial charge in [0.2, 0.25) is 23.6 Å². The Morgan fingerprint density at radius 1 is 0.537 bits per heavy atom. The zero-order valence-corrected chi connectivity index (χ0v) is 50.3. The summed E-state index contributed by atoms with van der Waals surface area (Å²) in [6.45, 7) is 39.1. The summed E-state index contributed by atoms with van der Waals surface area (Å²) >= 11 is 1.08. The monoisotopic (exact) mass is 1150 g/mol. The molecule has 29 nitrogen and oxygen atoms in total. The van der Waals surface area contributed by atoms with Gasteiger partial charge in [0.1, 0.15) is 37.0 Å². The number of H-pyrrole nitrogens is 1. The zero-order valence-electron chi connectivity index (χ0n) is 49.4. The third-order valence-electron chi connectivity index (χ3n) is 10.9. The van der Waals surface area contributed by atoms with E-state index in [2.05, 4.69) is 51.7 Å². The number of rotatable bonds is 0. The Morgan fingerprint density at radius 2 is 1.04 bits per heavy atom. The first-order valence-corrected chi connectivity index (χ1v) is 25.8. The number of aromatic amines is 1. The molecule has 14 amide bonds. The van der Waals surface area contributed by atoms with Crippen molar-refractivity contribution in [2.75, 3.05) is 6.54 Å². The summed E-state index contributed by atoms with van der Waals surface area (Å²) in [5.41, 5.74) is -1.20. The normalized spacial score (nSPS) is 20.5. The predicted molar refractivity (Wildman–Crippen MR) is 288 cm³/mol. The van der Waals surface area contributed by atoms with Gasteiger partial charge in [-0.1, -0.05) is 94.8 Å². The van der Waals surface area contributed by atoms with Gasteiger partial charge < -0.3 is 19.9 Å². The second kappa shape index (κ2) is 26.6. The van der Waals surface area contributed by atoms with Gasteiger partial charge in [-0.3, -0.25) is 74.7 Å². The molecule has 3 atom stereocenters. The van der Waals surface area contributed by atoms with Crippen LogP contribution in [0.2, 0.25) is 0 Å². The fourth-order valence-corrected chi connectivity index (χ4v) is 7.93. The first-order valence-electron chi connectivity index (χ1n) is 24.9. The summed E-state index contributed by atoms with van der Waals surface area (Å²) in [7, 11) is 0. The second-order valence-corrected chi connectivity index (χ2v) is 26.9. The lowest BCUT2D eigenvalue weighted by atomic mass is 9.79. The summed E-state index contributed by atoms with van der Waals surface area (Å²) < 4.78 is 1.23. The van der Waals surface area contributed by atoms with Crippen LogP contribution in [0.5, 0.6) is 0 Å². The average molecular weight is 1150 g/mol. The number of hydrogen-bond acceptors (Lipinski definition) is 19. The Hall–Kier alpha value is -7.53. The molecule has 8 N–H and O–H groups in total. The van der Waals surface area contributed by atoms with E-state index in [0.717, 1.165) is 23.0 Å². The number of nitrogens with one attached hydrogen (secondary N) is 8. The molecule has 1 aromatic heterocycles. The van der Waals surface area contributed by atoms with Crippen molar-refractivity contribution in [1.82, 2.24) is 62.1 Å². The van der Waals surface area contributed by atoms with Crippen molar-refractivity contribution in [3.63, 3.8) is 0 Å². The van der Waals surface area contributed by atoms with Gasteiger partial charge in [0.25, 0.3) is 28.5 Å². The van der Waals surface area contributed by atoms with Crippen LogP contribution in [0.1, 0.15) is 152 Å². The van der Waals surface area contributed by atoms with E-state index in [9.17, 15) is 71.9 Å². The molecule has 6 aliphatic rings. The lowest BCUT2D eigenvalue weighted by Crippen LogP contribution is -2.59. The Balaban J connectivity index is 0.000000467. The first kappa shape index (κ1) is 70.5. The Labute approximate surface area is 467 Å². The SMILES string of the molecule is CC(C)(C)C1C(=O)NC(=O)NC1=O.CC(C)(C)C1C(=O)NOC1=O.CC(C)(C)C1NC(=O)NC1=O.CC(C)(C)C1SC(=O)NC1=O.CC(C)(C)N1CC(=O)NC1=O.CC(C)(C)N1OC(=O)CC1=O.CC(C)(C)n1ncc(=O)[nH]c1=O. The molecule has 80 heavy (non-hydrogen) atoms. The molecule has 0 radical (unpaired) electrons. The molecule has 30 heteroatoms. The van der Waals surface area contributed by atoms with Crippen LogP contribution in [0.4, 0.5) is 19.2 Å². The molecular formula is C50H80N12O17S. The van der Waals surface area contributed by atoms with Gasteiger partial charge in [-0.15, -0.1) is 0 Å². The summed E-state index contributed by atoms with van der Waals surface area (Å²) in [6, 6.07) is -1.82. The number of urea groups is 3. The van der Waals surface area contributed by atoms with Crippen molar-refractivity contribution in [3.05, 3.63) is 27.0 Å². The summed E-state index contributed by atoms with van der Waals surface area (Å²) in [5, 5.41) is 17.7. The Morgan fingerprint density at radius 3 is 1.27 bits per heavy atom. The zero-order chi connectivity index (χ0) is 62.8. The second-order valence-electron chi connectivity index (χ2n) is 25.8. The van der Waals surface area contributed by atoms with Crippen molar-refractivity contribution in [2.24, 2.45) is 33.5 Å². The molecule has 7 rings (SSSR count). The summed E-state index contributed by atoms with van der Waals surface area (Å²) in [6.07, 6.45) is 0.962. The van der Waals surface area contributed by atoms with Gasteiger partial charge in [0.15, 0.2) is 0 Å². The maximum absolute atomic E-state index is 11.3. The van der Waals surface area contributed by atoms with Gasteiger partial charge in [0, 0.05) is 5.54 Å². The van der Waals surface area contributed by atoms with E-state index in [1.807, 2.05) is 130 Å². The van der Waals surface area contributed by atoms with Crippen molar-refractivity contribution in [2.45, 2.75) is 180 Å². The quantitative estimate of drug-likeness (QED) is 0.136. The van der Waals surface area contributed by atoms with Crippen LogP contribution in [0, 0.1) is 33.5 Å². The number of thioether (sulfide) groups is 1. The Kier molecular flexibility index (Phi) is 23.5. The fourth-order valence-electron chi connectivity index (χ4n) is 7.04. The van der Waals surface area contributed by atoms with Gasteiger partial charge in [-0.2, -0.15) is 15.6 Å². The number of hydroxylamine groups is 3. The van der Waals surface area contributed by atoms with E-state index in [4.69, 9.17) is 0 Å². The van der Waals surface area contributed by atoms with Crippen LogP contribution in [-0.4, -0.2) is 130 Å². The maximum atomic E-state index is 11.3. The number of barbiturate groups is 1. The lowest BCUT2D eigenvalue weighted by molar-refractivity contribution is -0.196. The number of hydrogen-bond donors (Lipinski definition) is 8. The maximum Gasteiger partial charge on any atom is 0.345 e. The van der Waals surface area contributed by atoms with E-state index in [1.165, 1.54) is 9.58 Å². The van der Waals surface area contributed by atoms with E-state index in [1.54, 1.807) is 20.8 Å². The lowest BCUT2D eigenvalue weighted by Gasteiger charge is -2.30. The van der Waals surface area contributed by atoms with Crippen LogP contribution in [0.15, 0.2) is 15.8 Å². The molecule has 1 aromatic rings. The standard InChI is InChI=1S/C8H12N2O3.C7H11N3O2.2C7H12N2O2.2C7H11NO3.C7H11NO2S/c1-8(2,3)4-5(11)9-7(13)10-6(4)12;1-7(2,3)10-6(12)9-5(11)4-8-10;1-7(2,3)9-4-5(10)8-6(9)11;1-7(2,3)4-5(10)9-6(11)8-4;1-7(2,3)8-5(9)4-6(10)11-8;1-7(2,3)4-5(9)8-11-6(4)10;1-7(2,3)4-5(9)8-6(10)11-4/h4H,1-3H3,(H2,9,10,11,12,13);4H,1-3H3,(H,9,11,12);4H2,1-3H3,(H,8,10,11);4H,1-3H3,(H2,8,9,10,11);4H2,1-3H3;4H,1-3H3,(H,8,9);4H,1-3H3,(H,8,9,10). The molecule has 448 valence electrons. The molecule has 0 aliphatic carbocycles. The van der Waals surface area contributed by atoms with Crippen LogP contribution in [-0.2, 0) is 58.4 Å². The molecule has 0 aromatic carbocycles. The molecular weight excluding hydrogens is 1070 g/mol. The average Bonchev–Trinajstić information content (AvgIpc) is 4.04. The van der Waals surface area contributed by atoms with Gasteiger partial charge in [-0.05, 0) is 84.0 Å². The summed E-state index contributed by atoms with van der Waals surface area (Å²) in [4.78, 5) is 177. The van der Waals surface area contributed by atoms with Crippen LogP contribution in [0.3, 0.4) is 0 Å². The molecule has 6 fully saturated rings. The highest BCUT2D eigenvalue weighted by molar-refractivity contribution is 8.15. The minimum absolute atomic E-state index is 0.128. The predicted octanol–water partition coefficient (Wildman–Crippen LogP) is 2.37. The number of carbonyl (C=O) groups excluding carboxylic acids is 13. The molecule has 6 saturated heterocycles. The third-order valence-corrected chi connectivity index (χ3v) is 12.3. The number of amides is 14. The van der Waals surface area contributed by atoms with E-state index >= 15 is 0 Å². The minimum Gasteiger partial charge on any atom is -0.340 e. The van der Waals surface area contributed by atoms with Gasteiger partial charge >= 0.3 is 35.7 Å². The fraction of sp³-hybridized carbons (Fsp3) is 0.680. The molecule has 3 unspecified atom stereocenters. The van der Waals surface area contributed by atoms with Crippen LogP contribution < -0.4 is 48.6 Å². The summed E-state index contributed by atoms with van der Waals surface area (Å²) in [5.74, 6) is -4.69. The highest BCUT2D eigenvalue weighted by atomic mass is 32.2. The molecule has 0 spiro atoms. The number of aromatic nitrogens is 3. The van der Waals surface area contributed by atoms with Crippen LogP contribution >= 0.6 is 11.8 Å².